The van der Waals surface area contributed by atoms with Gasteiger partial charge in [0.25, 0.3) is 0 Å². The van der Waals surface area contributed by atoms with E-state index in [4.69, 9.17) is 0 Å². The third-order valence-corrected chi connectivity index (χ3v) is 5.99. The Labute approximate surface area is 163 Å². The van der Waals surface area contributed by atoms with Crippen LogP contribution in [-0.2, 0) is 23.2 Å². The quantitative estimate of drug-likeness (QED) is 0.755. The Morgan fingerprint density at radius 3 is 2.52 bits per heavy atom. The number of rotatable bonds is 8. The van der Waals surface area contributed by atoms with Crippen molar-refractivity contribution < 1.29 is 4.79 Å². The molecule has 2 aromatic rings. The van der Waals surface area contributed by atoms with E-state index in [2.05, 4.69) is 73.1 Å². The molecule has 0 aliphatic heterocycles. The number of aromatic nitrogens is 2. The number of nitrogens with zero attached hydrogens (tertiary/aromatic N) is 2. The number of carbonyl (C=O) groups is 1. The highest BCUT2D eigenvalue weighted by atomic mass is 16.1. The van der Waals surface area contributed by atoms with Gasteiger partial charge < -0.3 is 5.32 Å². The van der Waals surface area contributed by atoms with Gasteiger partial charge in [0, 0.05) is 30.6 Å². The van der Waals surface area contributed by atoms with Crippen LogP contribution in [0.5, 0.6) is 0 Å². The zero-order valence-corrected chi connectivity index (χ0v) is 17.2. The maximum Gasteiger partial charge on any atom is 0.220 e. The van der Waals surface area contributed by atoms with Crippen LogP contribution in [0.3, 0.4) is 0 Å². The first kappa shape index (κ1) is 19.7. The van der Waals surface area contributed by atoms with Crippen LogP contribution < -0.4 is 5.32 Å². The van der Waals surface area contributed by atoms with Crippen LogP contribution in [-0.4, -0.2) is 22.2 Å². The van der Waals surface area contributed by atoms with Gasteiger partial charge in [-0.2, -0.15) is 5.10 Å². The molecule has 1 aliphatic rings. The molecule has 1 aromatic heterocycles. The summed E-state index contributed by atoms with van der Waals surface area (Å²) in [6.07, 6.45) is 4.87. The average Bonchev–Trinajstić information content (AvgIpc) is 2.86. The molecule has 1 N–H and O–H groups in total. The number of hydrogen-bond acceptors (Lipinski definition) is 2. The van der Waals surface area contributed by atoms with Crippen molar-refractivity contribution in [2.24, 2.45) is 5.92 Å². The molecular weight excluding hydrogens is 334 g/mol. The second-order valence-corrected chi connectivity index (χ2v) is 8.50. The number of amides is 1. The Balaban J connectivity index is 1.55. The summed E-state index contributed by atoms with van der Waals surface area (Å²) in [7, 11) is 0. The van der Waals surface area contributed by atoms with E-state index in [1.54, 1.807) is 0 Å². The van der Waals surface area contributed by atoms with E-state index in [-0.39, 0.29) is 11.3 Å². The molecule has 1 fully saturated rings. The predicted octanol–water partition coefficient (Wildman–Crippen LogP) is 4.33. The third kappa shape index (κ3) is 4.42. The maximum absolute atomic E-state index is 12.5. The Hall–Kier alpha value is -2.10. The lowest BCUT2D eigenvalue weighted by Gasteiger charge is -2.42. The van der Waals surface area contributed by atoms with Gasteiger partial charge in [0.1, 0.15) is 0 Å². The largest absolute Gasteiger partial charge is 0.355 e. The molecule has 27 heavy (non-hydrogen) atoms. The highest BCUT2D eigenvalue weighted by molar-refractivity contribution is 5.76. The fourth-order valence-corrected chi connectivity index (χ4v) is 4.18. The van der Waals surface area contributed by atoms with Crippen molar-refractivity contribution in [3.8, 4) is 0 Å². The van der Waals surface area contributed by atoms with E-state index in [0.717, 1.165) is 38.0 Å². The van der Waals surface area contributed by atoms with Gasteiger partial charge in [-0.05, 0) is 50.2 Å². The van der Waals surface area contributed by atoms with Crippen molar-refractivity contribution in [2.45, 2.75) is 71.8 Å². The van der Waals surface area contributed by atoms with Gasteiger partial charge in [-0.15, -0.1) is 0 Å². The number of carbonyl (C=O) groups excluding carboxylic acids is 1. The number of aryl methyl sites for hydroxylation is 1. The normalized spacial score (nSPS) is 15.6. The Kier molecular flexibility index (Phi) is 6.03. The Bertz CT molecular complexity index is 772. The molecule has 3 rings (SSSR count). The highest BCUT2D eigenvalue weighted by Gasteiger charge is 2.38. The van der Waals surface area contributed by atoms with Gasteiger partial charge in [-0.25, -0.2) is 0 Å². The lowest BCUT2D eigenvalue weighted by atomic mass is 9.64. The second kappa shape index (κ2) is 8.28. The van der Waals surface area contributed by atoms with Gasteiger partial charge in [-0.1, -0.05) is 50.6 Å². The molecule has 1 aromatic carbocycles. The first-order chi connectivity index (χ1) is 12.9. The van der Waals surface area contributed by atoms with Crippen molar-refractivity contribution in [3.63, 3.8) is 0 Å². The van der Waals surface area contributed by atoms with E-state index in [1.807, 2.05) is 0 Å². The van der Waals surface area contributed by atoms with Crippen LogP contribution in [0.15, 0.2) is 30.3 Å². The van der Waals surface area contributed by atoms with Crippen LogP contribution in [0.1, 0.15) is 62.0 Å². The topological polar surface area (TPSA) is 46.9 Å². The maximum atomic E-state index is 12.5. The summed E-state index contributed by atoms with van der Waals surface area (Å²) in [5, 5.41) is 7.87. The minimum Gasteiger partial charge on any atom is -0.355 e. The number of benzene rings is 1. The SMILES string of the molecule is Cc1nn(CC(C)C)c(C)c1CCC(=O)NCC1(c2ccccc2)CCC1. The van der Waals surface area contributed by atoms with Crippen molar-refractivity contribution in [2.75, 3.05) is 6.54 Å². The third-order valence-electron chi connectivity index (χ3n) is 5.99. The summed E-state index contributed by atoms with van der Waals surface area (Å²) in [6, 6.07) is 10.6. The summed E-state index contributed by atoms with van der Waals surface area (Å²) < 4.78 is 2.09. The lowest BCUT2D eigenvalue weighted by molar-refractivity contribution is -0.121. The number of nitrogens with one attached hydrogen (secondary N) is 1. The molecule has 1 saturated carbocycles. The van der Waals surface area contributed by atoms with Gasteiger partial charge in [0.05, 0.1) is 5.69 Å². The Morgan fingerprint density at radius 2 is 1.93 bits per heavy atom. The first-order valence-electron chi connectivity index (χ1n) is 10.3. The van der Waals surface area contributed by atoms with E-state index >= 15 is 0 Å². The van der Waals surface area contributed by atoms with Crippen molar-refractivity contribution in [1.82, 2.24) is 15.1 Å². The molecular formula is C23H33N3O. The monoisotopic (exact) mass is 367 g/mol. The standard InChI is InChI=1S/C23H33N3O/c1-17(2)15-26-19(4)21(18(3)25-26)11-12-22(27)24-16-23(13-8-14-23)20-9-6-5-7-10-20/h5-7,9-10,17H,8,11-16H2,1-4H3,(H,24,27). The molecule has 0 unspecified atom stereocenters. The van der Waals surface area contributed by atoms with Crippen LogP contribution in [0.4, 0.5) is 0 Å². The average molecular weight is 368 g/mol. The summed E-state index contributed by atoms with van der Waals surface area (Å²) in [6.45, 7) is 10.3. The van der Waals surface area contributed by atoms with Crippen molar-refractivity contribution in [1.29, 1.82) is 0 Å². The Morgan fingerprint density at radius 1 is 1.22 bits per heavy atom. The summed E-state index contributed by atoms with van der Waals surface area (Å²) in [5.74, 6) is 0.711. The van der Waals surface area contributed by atoms with E-state index in [1.165, 1.54) is 23.2 Å². The molecule has 0 atom stereocenters. The molecule has 1 aliphatic carbocycles. The fraction of sp³-hybridized carbons (Fsp3) is 0.565. The predicted molar refractivity (Wildman–Crippen MR) is 110 cm³/mol. The fourth-order valence-electron chi connectivity index (χ4n) is 4.18. The minimum atomic E-state index is 0.144. The zero-order chi connectivity index (χ0) is 19.4. The van der Waals surface area contributed by atoms with Crippen LogP contribution in [0.25, 0.3) is 0 Å². The summed E-state index contributed by atoms with van der Waals surface area (Å²) >= 11 is 0. The molecule has 4 nitrogen and oxygen atoms in total. The lowest BCUT2D eigenvalue weighted by Crippen LogP contribution is -2.45. The summed E-state index contributed by atoms with van der Waals surface area (Å²) in [5.41, 5.74) is 4.99. The molecule has 4 heteroatoms. The molecule has 1 heterocycles. The van der Waals surface area contributed by atoms with E-state index in [0.29, 0.717) is 12.3 Å². The first-order valence-corrected chi connectivity index (χ1v) is 10.3. The molecule has 0 bridgehead atoms. The molecule has 146 valence electrons. The van der Waals surface area contributed by atoms with Gasteiger partial charge >= 0.3 is 0 Å². The molecule has 1 amide bonds. The number of hydrogen-bond donors (Lipinski definition) is 1. The van der Waals surface area contributed by atoms with Gasteiger partial charge in [-0.3, -0.25) is 9.48 Å². The molecule has 0 spiro atoms. The summed E-state index contributed by atoms with van der Waals surface area (Å²) in [4.78, 5) is 12.5. The zero-order valence-electron chi connectivity index (χ0n) is 17.2. The smallest absolute Gasteiger partial charge is 0.220 e. The van der Waals surface area contributed by atoms with E-state index < -0.39 is 0 Å². The molecule has 0 saturated heterocycles. The second-order valence-electron chi connectivity index (χ2n) is 8.50. The van der Waals surface area contributed by atoms with Crippen LogP contribution in [0.2, 0.25) is 0 Å². The minimum absolute atomic E-state index is 0.144. The van der Waals surface area contributed by atoms with Crippen molar-refractivity contribution in [3.05, 3.63) is 52.8 Å². The van der Waals surface area contributed by atoms with Crippen LogP contribution in [0, 0.1) is 19.8 Å². The molecule has 0 radical (unpaired) electrons. The van der Waals surface area contributed by atoms with Crippen molar-refractivity contribution >= 4 is 5.91 Å². The van der Waals surface area contributed by atoms with E-state index in [9.17, 15) is 4.79 Å². The van der Waals surface area contributed by atoms with Gasteiger partial charge in [0.2, 0.25) is 5.91 Å². The van der Waals surface area contributed by atoms with Gasteiger partial charge in [0.15, 0.2) is 0 Å². The highest BCUT2D eigenvalue weighted by Crippen LogP contribution is 2.43. The van der Waals surface area contributed by atoms with Crippen LogP contribution >= 0.6 is 0 Å².